The molecule has 2 aromatic rings. The lowest BCUT2D eigenvalue weighted by Crippen LogP contribution is -2.05. The number of rotatable bonds is 7. The second-order valence-corrected chi connectivity index (χ2v) is 6.07. The molecule has 0 spiro atoms. The minimum Gasteiger partial charge on any atom is -0.497 e. The maximum atomic E-state index is 12.2. The van der Waals surface area contributed by atoms with Crippen LogP contribution in [0.5, 0.6) is 11.5 Å². The zero-order valence-electron chi connectivity index (χ0n) is 12.0. The molecule has 0 aliphatic heterocycles. The summed E-state index contributed by atoms with van der Waals surface area (Å²) in [7, 11) is 0.563. The van der Waals surface area contributed by atoms with E-state index in [1.165, 1.54) is 0 Å². The van der Waals surface area contributed by atoms with Crippen LogP contribution in [0.15, 0.2) is 53.4 Å². The summed E-state index contributed by atoms with van der Waals surface area (Å²) in [6.45, 7) is 0.527. The minimum atomic E-state index is -1.04. The molecule has 0 aliphatic rings. The highest BCUT2D eigenvalue weighted by Gasteiger charge is 2.05. The quantitative estimate of drug-likeness (QED) is 0.631. The van der Waals surface area contributed by atoms with Gasteiger partial charge < -0.3 is 15.2 Å². The van der Waals surface area contributed by atoms with Crippen LogP contribution < -0.4 is 15.2 Å². The molecule has 0 aromatic heterocycles. The molecular weight excluding hydrogens is 286 g/mol. The van der Waals surface area contributed by atoms with E-state index < -0.39 is 10.8 Å². The van der Waals surface area contributed by atoms with Crippen molar-refractivity contribution in [3.8, 4) is 11.5 Å². The van der Waals surface area contributed by atoms with E-state index in [-0.39, 0.29) is 0 Å². The lowest BCUT2D eigenvalue weighted by molar-refractivity contribution is 0.318. The molecule has 2 aromatic carbocycles. The molecule has 112 valence electrons. The standard InChI is InChI=1S/C16H19NO3S/c1-19-15-4-2-5-16(12-15)21(18)11-3-10-20-14-8-6-13(17)7-9-14/h2,4-9,12H,3,10-11,17H2,1H3. The van der Waals surface area contributed by atoms with Crippen LogP contribution in [0.4, 0.5) is 5.69 Å². The predicted molar refractivity (Wildman–Crippen MR) is 85.2 cm³/mol. The van der Waals surface area contributed by atoms with Crippen molar-refractivity contribution in [1.82, 2.24) is 0 Å². The first kappa shape index (κ1) is 15.4. The number of ether oxygens (including phenoxy) is 2. The van der Waals surface area contributed by atoms with Gasteiger partial charge in [0.15, 0.2) is 0 Å². The van der Waals surface area contributed by atoms with E-state index in [0.717, 1.165) is 16.4 Å². The fraction of sp³-hybridized carbons (Fsp3) is 0.250. The highest BCUT2D eigenvalue weighted by Crippen LogP contribution is 2.17. The van der Waals surface area contributed by atoms with Crippen molar-refractivity contribution in [1.29, 1.82) is 0 Å². The second kappa shape index (κ2) is 7.69. The molecule has 4 nitrogen and oxygen atoms in total. The van der Waals surface area contributed by atoms with Crippen LogP contribution >= 0.6 is 0 Å². The molecule has 2 N–H and O–H groups in total. The van der Waals surface area contributed by atoms with Crippen molar-refractivity contribution in [3.63, 3.8) is 0 Å². The van der Waals surface area contributed by atoms with Crippen molar-refractivity contribution >= 4 is 16.5 Å². The summed E-state index contributed by atoms with van der Waals surface area (Å²) in [6, 6.07) is 14.6. The minimum absolute atomic E-state index is 0.527. The monoisotopic (exact) mass is 305 g/mol. The lowest BCUT2D eigenvalue weighted by atomic mass is 10.3. The highest BCUT2D eigenvalue weighted by molar-refractivity contribution is 7.85. The van der Waals surface area contributed by atoms with Gasteiger partial charge in [0, 0.05) is 16.3 Å². The van der Waals surface area contributed by atoms with Crippen molar-refractivity contribution in [2.45, 2.75) is 11.3 Å². The van der Waals surface area contributed by atoms with E-state index >= 15 is 0 Å². The van der Waals surface area contributed by atoms with Gasteiger partial charge >= 0.3 is 0 Å². The van der Waals surface area contributed by atoms with Crippen molar-refractivity contribution in [2.24, 2.45) is 0 Å². The smallest absolute Gasteiger partial charge is 0.120 e. The summed E-state index contributed by atoms with van der Waals surface area (Å²) in [5, 5.41) is 0. The lowest BCUT2D eigenvalue weighted by Gasteiger charge is -2.07. The number of nitrogens with two attached hydrogens (primary N) is 1. The van der Waals surface area contributed by atoms with Crippen LogP contribution in [0.2, 0.25) is 0 Å². The van der Waals surface area contributed by atoms with E-state index in [2.05, 4.69) is 0 Å². The topological polar surface area (TPSA) is 61.5 Å². The third kappa shape index (κ3) is 4.79. The zero-order chi connectivity index (χ0) is 15.1. The Labute approximate surface area is 127 Å². The molecule has 0 aliphatic carbocycles. The molecule has 0 fully saturated rings. The Morgan fingerprint density at radius 1 is 1.10 bits per heavy atom. The summed E-state index contributed by atoms with van der Waals surface area (Å²) in [6.07, 6.45) is 0.716. The molecule has 2 rings (SSSR count). The van der Waals surface area contributed by atoms with Gasteiger partial charge in [-0.25, -0.2) is 0 Å². The van der Waals surface area contributed by atoms with Gasteiger partial charge in [0.25, 0.3) is 0 Å². The molecule has 0 saturated heterocycles. The Morgan fingerprint density at radius 3 is 2.57 bits per heavy atom. The van der Waals surface area contributed by atoms with Crippen molar-refractivity contribution < 1.29 is 13.7 Å². The molecule has 0 radical (unpaired) electrons. The van der Waals surface area contributed by atoms with Gasteiger partial charge in [-0.05, 0) is 48.9 Å². The van der Waals surface area contributed by atoms with Crippen LogP contribution in [0.25, 0.3) is 0 Å². The van der Waals surface area contributed by atoms with E-state index in [1.54, 1.807) is 25.3 Å². The third-order valence-corrected chi connectivity index (χ3v) is 4.37. The van der Waals surface area contributed by atoms with Gasteiger partial charge in [-0.2, -0.15) is 0 Å². The first-order valence-electron chi connectivity index (χ1n) is 6.70. The molecular formula is C16H19NO3S. The molecule has 0 bridgehead atoms. The van der Waals surface area contributed by atoms with Crippen LogP contribution in [0, 0.1) is 0 Å². The Hall–Kier alpha value is -2.01. The molecule has 0 amide bonds. The molecule has 1 unspecified atom stereocenters. The second-order valence-electron chi connectivity index (χ2n) is 4.50. The van der Waals surface area contributed by atoms with Gasteiger partial charge in [0.2, 0.25) is 0 Å². The average molecular weight is 305 g/mol. The SMILES string of the molecule is COc1cccc(S(=O)CCCOc2ccc(N)cc2)c1. The molecule has 0 heterocycles. The fourth-order valence-electron chi connectivity index (χ4n) is 1.80. The summed E-state index contributed by atoms with van der Waals surface area (Å²) in [4.78, 5) is 0.779. The summed E-state index contributed by atoms with van der Waals surface area (Å²) in [5.74, 6) is 2.05. The summed E-state index contributed by atoms with van der Waals surface area (Å²) < 4.78 is 22.9. The number of hydrogen-bond acceptors (Lipinski definition) is 4. The third-order valence-electron chi connectivity index (χ3n) is 2.93. The average Bonchev–Trinajstić information content (AvgIpc) is 2.53. The van der Waals surface area contributed by atoms with E-state index in [1.807, 2.05) is 30.3 Å². The normalized spacial score (nSPS) is 11.9. The van der Waals surface area contributed by atoms with Crippen molar-refractivity contribution in [3.05, 3.63) is 48.5 Å². The van der Waals surface area contributed by atoms with E-state index in [0.29, 0.717) is 24.5 Å². The van der Waals surface area contributed by atoms with Gasteiger partial charge in [0.1, 0.15) is 11.5 Å². The fourth-order valence-corrected chi connectivity index (χ4v) is 2.90. The Balaban J connectivity index is 1.77. The number of hydrogen-bond donors (Lipinski definition) is 1. The predicted octanol–water partition coefficient (Wildman–Crippen LogP) is 2.85. The van der Waals surface area contributed by atoms with Gasteiger partial charge in [-0.3, -0.25) is 4.21 Å². The summed E-state index contributed by atoms with van der Waals surface area (Å²) >= 11 is 0. The van der Waals surface area contributed by atoms with Gasteiger partial charge in [-0.15, -0.1) is 0 Å². The Morgan fingerprint density at radius 2 is 1.86 bits per heavy atom. The first-order valence-corrected chi connectivity index (χ1v) is 8.01. The van der Waals surface area contributed by atoms with Crippen LogP contribution in [-0.4, -0.2) is 23.7 Å². The van der Waals surface area contributed by atoms with E-state index in [9.17, 15) is 4.21 Å². The number of anilines is 1. The van der Waals surface area contributed by atoms with Crippen LogP contribution in [0.3, 0.4) is 0 Å². The maximum Gasteiger partial charge on any atom is 0.120 e. The Kier molecular flexibility index (Phi) is 5.63. The summed E-state index contributed by atoms with van der Waals surface area (Å²) in [5.41, 5.74) is 6.31. The van der Waals surface area contributed by atoms with Crippen LogP contribution in [0.1, 0.15) is 6.42 Å². The first-order chi connectivity index (χ1) is 10.2. The van der Waals surface area contributed by atoms with Gasteiger partial charge in [-0.1, -0.05) is 6.07 Å². The molecule has 1 atom stereocenters. The molecule has 21 heavy (non-hydrogen) atoms. The zero-order valence-corrected chi connectivity index (χ0v) is 12.8. The van der Waals surface area contributed by atoms with Crippen molar-refractivity contribution in [2.75, 3.05) is 25.2 Å². The molecule has 5 heteroatoms. The van der Waals surface area contributed by atoms with Gasteiger partial charge in [0.05, 0.1) is 24.5 Å². The highest BCUT2D eigenvalue weighted by atomic mass is 32.2. The number of methoxy groups -OCH3 is 1. The van der Waals surface area contributed by atoms with Crippen LogP contribution in [-0.2, 0) is 10.8 Å². The number of nitrogen functional groups attached to an aromatic ring is 1. The molecule has 0 saturated carbocycles. The Bertz CT molecular complexity index is 599. The largest absolute Gasteiger partial charge is 0.497 e. The maximum absolute atomic E-state index is 12.2. The van der Waals surface area contributed by atoms with E-state index in [4.69, 9.17) is 15.2 Å². The number of benzene rings is 2.